The van der Waals surface area contributed by atoms with Crippen LogP contribution in [-0.2, 0) is 34.2 Å². The van der Waals surface area contributed by atoms with Gasteiger partial charge in [0.15, 0.2) is 0 Å². The van der Waals surface area contributed by atoms with Gasteiger partial charge in [0.05, 0.1) is 12.2 Å². The number of β-lactam (4-membered cyclic amide) rings is 1. The Balaban J connectivity index is 1.83. The second kappa shape index (κ2) is 10.5. The zero-order valence-electron chi connectivity index (χ0n) is 21.0. The minimum absolute atomic E-state index is 0.165. The number of nitrogens with two attached hydrogens (primary N) is 1. The van der Waals surface area contributed by atoms with E-state index in [1.165, 1.54) is 33.1 Å². The maximum Gasteiger partial charge on any atom is 0.355 e. The Hall–Kier alpha value is -1.44. The van der Waals surface area contributed by atoms with Gasteiger partial charge in [0, 0.05) is 11.5 Å². The van der Waals surface area contributed by atoms with Gasteiger partial charge in [0.1, 0.15) is 29.0 Å². The van der Waals surface area contributed by atoms with Gasteiger partial charge in [-0.25, -0.2) is 9.48 Å². The second-order valence-corrected chi connectivity index (χ2v) is 14.0. The van der Waals surface area contributed by atoms with Crippen LogP contribution in [0, 0.1) is 0 Å². The molecule has 12 nitrogen and oxygen atoms in total. The molecule has 0 spiro atoms. The van der Waals surface area contributed by atoms with Crippen molar-refractivity contribution in [2.75, 3.05) is 18.1 Å². The number of ether oxygens (including phenoxy) is 1. The molecular weight excluding hydrogens is 515 g/mol. The molecule has 0 radical (unpaired) electrons. The molecule has 1 aromatic heterocycles. The number of fused-ring (bicyclic) bond motifs is 1. The third-order valence-electron chi connectivity index (χ3n) is 4.60. The molecule has 0 aliphatic carbocycles. The summed E-state index contributed by atoms with van der Waals surface area (Å²) in [6.07, 6.45) is -0.165. The van der Waals surface area contributed by atoms with Crippen molar-refractivity contribution in [3.8, 4) is 0 Å². The van der Waals surface area contributed by atoms with Crippen LogP contribution in [0.5, 0.6) is 0 Å². The molecule has 1 unspecified atom stereocenters. The zero-order chi connectivity index (χ0) is 26.2. The Labute approximate surface area is 213 Å². The summed E-state index contributed by atoms with van der Waals surface area (Å²) in [6.45, 7) is 12.6. The number of hydrogen-bond acceptors (Lipinski definition) is 12. The molecule has 15 heteroatoms. The van der Waals surface area contributed by atoms with Gasteiger partial charge in [-0.05, 0) is 64.5 Å². The number of carbonyl (C=O) groups is 2. The minimum atomic E-state index is -3.54. The Morgan fingerprint density at radius 3 is 2.54 bits per heavy atom. The van der Waals surface area contributed by atoms with E-state index in [0.29, 0.717) is 22.2 Å². The largest absolute Gasteiger partial charge is 0.455 e. The molecule has 2 aliphatic heterocycles. The highest BCUT2D eigenvalue weighted by Gasteiger charge is 2.52. The van der Waals surface area contributed by atoms with Crippen LogP contribution in [0.4, 0.5) is 0 Å². The third kappa shape index (κ3) is 6.86. The first-order valence-electron chi connectivity index (χ1n) is 11.1. The lowest BCUT2D eigenvalue weighted by molar-refractivity contribution is -0.157. The van der Waals surface area contributed by atoms with Crippen molar-refractivity contribution in [1.82, 2.24) is 25.1 Å². The number of rotatable bonds is 9. The molecule has 2 N–H and O–H groups in total. The van der Waals surface area contributed by atoms with Crippen molar-refractivity contribution >= 4 is 43.0 Å². The fourth-order valence-electron chi connectivity index (χ4n) is 3.42. The van der Waals surface area contributed by atoms with Crippen LogP contribution in [0.15, 0.2) is 16.4 Å². The van der Waals surface area contributed by atoms with Crippen molar-refractivity contribution in [2.45, 2.75) is 82.5 Å². The maximum absolute atomic E-state index is 13.3. The first-order chi connectivity index (χ1) is 16.1. The quantitative estimate of drug-likeness (QED) is 0.209. The van der Waals surface area contributed by atoms with E-state index in [2.05, 4.69) is 15.5 Å². The number of tetrazole rings is 1. The number of hydrogen-bond donors (Lipinski definition) is 1. The summed E-state index contributed by atoms with van der Waals surface area (Å²) in [6, 6.07) is -0.644. The van der Waals surface area contributed by atoms with Crippen LogP contribution in [0.25, 0.3) is 0 Å². The summed E-state index contributed by atoms with van der Waals surface area (Å²) in [4.78, 5) is 26.9. The van der Waals surface area contributed by atoms with Gasteiger partial charge in [-0.3, -0.25) is 14.3 Å². The minimum Gasteiger partial charge on any atom is -0.455 e. The highest BCUT2D eigenvalue weighted by Crippen LogP contribution is 2.53. The summed E-state index contributed by atoms with van der Waals surface area (Å²) in [7, 11) is -3.54. The average molecular weight is 549 g/mol. The lowest BCUT2D eigenvalue weighted by atomic mass is 10.0. The molecule has 1 amide bonds. The van der Waals surface area contributed by atoms with E-state index in [1.54, 1.807) is 48.5 Å². The molecule has 1 fully saturated rings. The standard InChI is InChI=1S/C20H33N6O6PS2/c1-8-30-33(29,32-20(5,6)7)11-25-18(22-23-24-25)35-10-12-9-34-16-13(21)15(27)26(16)14(12)17(28)31-19(2,3)4/h13,16H,8-11,21H2,1-7H3/t13-,16-,33?/m1/s1. The third-order valence-corrected chi connectivity index (χ3v) is 9.10. The molecule has 3 atom stereocenters. The number of nitrogens with zero attached hydrogens (tertiary/aromatic N) is 5. The number of carbonyl (C=O) groups excluding carboxylic acids is 2. The molecule has 0 bridgehead atoms. The predicted molar refractivity (Wildman–Crippen MR) is 133 cm³/mol. The number of esters is 1. The Morgan fingerprint density at radius 1 is 1.26 bits per heavy atom. The SMILES string of the molecule is CCOP(=O)(Cn1nnnc1SCC1=C(C(=O)OC(C)(C)C)N2C(=O)[C@@H](N)[C@H]2SC1)OC(C)(C)C. The summed E-state index contributed by atoms with van der Waals surface area (Å²) < 4.78 is 31.4. The van der Waals surface area contributed by atoms with E-state index in [1.807, 2.05) is 0 Å². The highest BCUT2D eigenvalue weighted by atomic mass is 32.2. The second-order valence-electron chi connectivity index (χ2n) is 10.0. The van der Waals surface area contributed by atoms with Crippen molar-refractivity contribution in [1.29, 1.82) is 0 Å². The van der Waals surface area contributed by atoms with Crippen LogP contribution in [0.1, 0.15) is 48.5 Å². The molecule has 2 aliphatic rings. The van der Waals surface area contributed by atoms with Crippen molar-refractivity contribution in [2.24, 2.45) is 5.73 Å². The topological polar surface area (TPSA) is 152 Å². The Morgan fingerprint density at radius 2 is 1.94 bits per heavy atom. The van der Waals surface area contributed by atoms with Crippen molar-refractivity contribution < 1.29 is 27.9 Å². The lowest BCUT2D eigenvalue weighted by Crippen LogP contribution is -2.68. The molecule has 35 heavy (non-hydrogen) atoms. The normalized spacial score (nSPS) is 22.5. The van der Waals surface area contributed by atoms with E-state index in [-0.39, 0.29) is 29.9 Å². The average Bonchev–Trinajstić information content (AvgIpc) is 3.14. The number of thioether (sulfide) groups is 2. The Kier molecular flexibility index (Phi) is 8.45. The smallest absolute Gasteiger partial charge is 0.355 e. The Bertz CT molecular complexity index is 1050. The lowest BCUT2D eigenvalue weighted by Gasteiger charge is -2.48. The number of amides is 1. The molecular formula is C20H33N6O6PS2. The maximum atomic E-state index is 13.3. The van der Waals surface area contributed by atoms with Gasteiger partial charge >= 0.3 is 13.6 Å². The van der Waals surface area contributed by atoms with E-state index in [0.717, 1.165) is 0 Å². The molecule has 1 aromatic rings. The van der Waals surface area contributed by atoms with Crippen LogP contribution in [-0.4, -0.2) is 77.7 Å². The van der Waals surface area contributed by atoms with Crippen molar-refractivity contribution in [3.63, 3.8) is 0 Å². The van der Waals surface area contributed by atoms with E-state index >= 15 is 0 Å². The van der Waals surface area contributed by atoms with Crippen LogP contribution < -0.4 is 5.73 Å². The van der Waals surface area contributed by atoms with Crippen LogP contribution in [0.2, 0.25) is 0 Å². The summed E-state index contributed by atoms with van der Waals surface area (Å²) in [5.41, 5.74) is 5.44. The summed E-state index contributed by atoms with van der Waals surface area (Å²) >= 11 is 2.75. The first kappa shape index (κ1) is 28.1. The van der Waals surface area contributed by atoms with Crippen LogP contribution >= 0.6 is 31.1 Å². The first-order valence-corrected chi connectivity index (χ1v) is 14.9. The van der Waals surface area contributed by atoms with Gasteiger partial charge in [-0.15, -0.1) is 16.9 Å². The summed E-state index contributed by atoms with van der Waals surface area (Å²) in [5, 5.41) is 11.8. The van der Waals surface area contributed by atoms with Crippen molar-refractivity contribution in [3.05, 3.63) is 11.3 Å². The monoisotopic (exact) mass is 548 g/mol. The van der Waals surface area contributed by atoms with E-state index < -0.39 is 30.8 Å². The zero-order valence-corrected chi connectivity index (χ0v) is 23.5. The van der Waals surface area contributed by atoms with Gasteiger partial charge in [-0.1, -0.05) is 11.8 Å². The van der Waals surface area contributed by atoms with Crippen LogP contribution in [0.3, 0.4) is 0 Å². The van der Waals surface area contributed by atoms with Gasteiger partial charge < -0.3 is 19.5 Å². The van der Waals surface area contributed by atoms with E-state index in [9.17, 15) is 14.2 Å². The molecule has 3 heterocycles. The predicted octanol–water partition coefficient (Wildman–Crippen LogP) is 2.61. The highest BCUT2D eigenvalue weighted by molar-refractivity contribution is 8.01. The van der Waals surface area contributed by atoms with Gasteiger partial charge in [-0.2, -0.15) is 0 Å². The molecule has 0 saturated carbocycles. The summed E-state index contributed by atoms with van der Waals surface area (Å²) in [5.74, 6) is -0.0761. The fraction of sp³-hybridized carbons (Fsp3) is 0.750. The van der Waals surface area contributed by atoms with Gasteiger partial charge in [0.2, 0.25) is 11.1 Å². The molecule has 0 aromatic carbocycles. The van der Waals surface area contributed by atoms with E-state index in [4.69, 9.17) is 19.5 Å². The molecule has 1 saturated heterocycles. The number of aromatic nitrogens is 4. The fourth-order valence-corrected chi connectivity index (χ4v) is 7.76. The van der Waals surface area contributed by atoms with Gasteiger partial charge in [0.25, 0.3) is 0 Å². The molecule has 3 rings (SSSR count). The molecule has 196 valence electrons.